The highest BCUT2D eigenvalue weighted by atomic mass is 35.5. The Morgan fingerprint density at radius 2 is 1.89 bits per heavy atom. The molecule has 0 saturated carbocycles. The summed E-state index contributed by atoms with van der Waals surface area (Å²) in [7, 11) is 1.78. The van der Waals surface area contributed by atoms with Gasteiger partial charge in [0, 0.05) is 24.2 Å². The van der Waals surface area contributed by atoms with Crippen LogP contribution in [0.2, 0.25) is 5.02 Å². The zero-order valence-electron chi connectivity index (χ0n) is 10.8. The molecule has 0 aliphatic rings. The summed E-state index contributed by atoms with van der Waals surface area (Å²) >= 11 is 5.84. The summed E-state index contributed by atoms with van der Waals surface area (Å²) in [5, 5.41) is 0.697. The van der Waals surface area contributed by atoms with Crippen molar-refractivity contribution < 1.29 is 4.79 Å². The van der Waals surface area contributed by atoms with Crippen LogP contribution < -0.4 is 0 Å². The number of halogens is 1. The molecule has 2 nitrogen and oxygen atoms in total. The number of amides is 1. The van der Waals surface area contributed by atoms with E-state index in [0.29, 0.717) is 17.1 Å². The van der Waals surface area contributed by atoms with Crippen LogP contribution in [0, 0.1) is 6.92 Å². The second-order valence-electron chi connectivity index (χ2n) is 4.49. The van der Waals surface area contributed by atoms with Crippen LogP contribution in [0.5, 0.6) is 0 Å². The van der Waals surface area contributed by atoms with E-state index >= 15 is 0 Å². The van der Waals surface area contributed by atoms with Gasteiger partial charge in [0.2, 0.25) is 0 Å². The van der Waals surface area contributed by atoms with Gasteiger partial charge in [-0.3, -0.25) is 4.79 Å². The monoisotopic (exact) mass is 272 g/mol. The Kier molecular flexibility index (Phi) is 4.23. The molecule has 2 rings (SSSR count). The van der Waals surface area contributed by atoms with Crippen molar-refractivity contribution in [1.29, 1.82) is 0 Å². The zero-order valence-corrected chi connectivity index (χ0v) is 11.5. The van der Waals surface area contributed by atoms with Crippen LogP contribution in [0.1, 0.15) is 21.5 Å². The molecule has 2 aromatic carbocycles. The molecule has 0 heterocycles. The number of carbonyl (C=O) groups excluding carboxylic acids is 1. The Labute approximate surface area is 118 Å². The molecule has 0 bridgehead atoms. The first-order valence-electron chi connectivity index (χ1n) is 5.98. The van der Waals surface area contributed by atoms with Gasteiger partial charge in [-0.2, -0.15) is 0 Å². The van der Waals surface area contributed by atoms with E-state index in [1.165, 1.54) is 0 Å². The molecule has 0 N–H and O–H groups in total. The third kappa shape index (κ3) is 3.58. The van der Waals surface area contributed by atoms with E-state index in [9.17, 15) is 4.79 Å². The van der Waals surface area contributed by atoms with Gasteiger partial charge in [0.1, 0.15) is 0 Å². The zero-order chi connectivity index (χ0) is 13.8. The lowest BCUT2D eigenvalue weighted by Gasteiger charge is -2.17. The summed E-state index contributed by atoms with van der Waals surface area (Å²) in [6.45, 7) is 4.38. The molecule has 19 heavy (non-hydrogen) atoms. The maximum Gasteiger partial charge on any atom is 0.253 e. The molecular formula is C16H15ClNO. The third-order valence-electron chi connectivity index (χ3n) is 2.85. The van der Waals surface area contributed by atoms with Crippen molar-refractivity contribution in [1.82, 2.24) is 4.90 Å². The van der Waals surface area contributed by atoms with Crippen LogP contribution in [0.15, 0.2) is 48.5 Å². The minimum absolute atomic E-state index is 0.0135. The number of carbonyl (C=O) groups is 1. The molecule has 0 aliphatic heterocycles. The lowest BCUT2D eigenvalue weighted by molar-refractivity contribution is 0.0785. The highest BCUT2D eigenvalue weighted by Crippen LogP contribution is 2.13. The van der Waals surface area contributed by atoms with Crippen molar-refractivity contribution in [3.63, 3.8) is 0 Å². The van der Waals surface area contributed by atoms with Crippen LogP contribution in [-0.4, -0.2) is 17.9 Å². The summed E-state index contributed by atoms with van der Waals surface area (Å²) in [4.78, 5) is 13.9. The fourth-order valence-electron chi connectivity index (χ4n) is 1.86. The van der Waals surface area contributed by atoms with Crippen LogP contribution in [0.25, 0.3) is 0 Å². The molecule has 0 spiro atoms. The Balaban J connectivity index is 2.09. The molecule has 1 radical (unpaired) electrons. The van der Waals surface area contributed by atoms with Crippen molar-refractivity contribution in [3.8, 4) is 0 Å². The van der Waals surface area contributed by atoms with Gasteiger partial charge in [-0.15, -0.1) is 0 Å². The first kappa shape index (κ1) is 13.6. The molecule has 2 aromatic rings. The molecule has 0 aliphatic carbocycles. The van der Waals surface area contributed by atoms with E-state index in [0.717, 1.165) is 11.1 Å². The van der Waals surface area contributed by atoms with E-state index in [1.54, 1.807) is 24.1 Å². The maximum absolute atomic E-state index is 12.2. The Morgan fingerprint density at radius 3 is 2.53 bits per heavy atom. The molecule has 0 atom stereocenters. The number of hydrogen-bond donors (Lipinski definition) is 0. The van der Waals surface area contributed by atoms with E-state index in [-0.39, 0.29) is 5.91 Å². The number of rotatable bonds is 3. The Morgan fingerprint density at radius 1 is 1.21 bits per heavy atom. The standard InChI is InChI=1S/C16H15ClNO/c1-12-4-3-5-14(10-12)16(19)18(2)11-13-6-8-15(17)9-7-13/h3-10H,1,11H2,2H3. The van der Waals surface area contributed by atoms with Gasteiger partial charge in [0.25, 0.3) is 5.91 Å². The lowest BCUT2D eigenvalue weighted by Crippen LogP contribution is -2.26. The number of nitrogens with zero attached hydrogens (tertiary/aromatic N) is 1. The molecular weight excluding hydrogens is 258 g/mol. The summed E-state index contributed by atoms with van der Waals surface area (Å²) < 4.78 is 0. The molecule has 97 valence electrons. The molecule has 0 saturated heterocycles. The van der Waals surface area contributed by atoms with E-state index in [2.05, 4.69) is 6.92 Å². The third-order valence-corrected chi connectivity index (χ3v) is 3.11. The van der Waals surface area contributed by atoms with Crippen LogP contribution in [0.3, 0.4) is 0 Å². The molecule has 0 fully saturated rings. The highest BCUT2D eigenvalue weighted by Gasteiger charge is 2.11. The second-order valence-corrected chi connectivity index (χ2v) is 4.92. The minimum Gasteiger partial charge on any atom is -0.337 e. The van der Waals surface area contributed by atoms with E-state index in [4.69, 9.17) is 11.6 Å². The van der Waals surface area contributed by atoms with Crippen molar-refractivity contribution in [2.75, 3.05) is 7.05 Å². The number of benzene rings is 2. The highest BCUT2D eigenvalue weighted by molar-refractivity contribution is 6.30. The van der Waals surface area contributed by atoms with Gasteiger partial charge in [-0.05, 0) is 42.3 Å². The van der Waals surface area contributed by atoms with Gasteiger partial charge in [-0.1, -0.05) is 35.9 Å². The van der Waals surface area contributed by atoms with E-state index in [1.807, 2.05) is 36.4 Å². The quantitative estimate of drug-likeness (QED) is 0.832. The minimum atomic E-state index is -0.0135. The fraction of sp³-hybridized carbons (Fsp3) is 0.125. The average Bonchev–Trinajstić information content (AvgIpc) is 2.40. The lowest BCUT2D eigenvalue weighted by atomic mass is 10.1. The second kappa shape index (κ2) is 5.89. The van der Waals surface area contributed by atoms with Crippen LogP contribution in [0.4, 0.5) is 0 Å². The Hall–Kier alpha value is -1.80. The van der Waals surface area contributed by atoms with Crippen molar-refractivity contribution in [3.05, 3.63) is 77.2 Å². The molecule has 0 aromatic heterocycles. The van der Waals surface area contributed by atoms with Gasteiger partial charge in [0.05, 0.1) is 0 Å². The van der Waals surface area contributed by atoms with Crippen molar-refractivity contribution in [2.45, 2.75) is 6.54 Å². The molecule has 0 unspecified atom stereocenters. The van der Waals surface area contributed by atoms with Gasteiger partial charge < -0.3 is 4.90 Å². The normalized spacial score (nSPS) is 10.3. The summed E-state index contributed by atoms with van der Waals surface area (Å²) in [5.74, 6) is -0.0135. The topological polar surface area (TPSA) is 20.3 Å². The Bertz CT molecular complexity index is 578. The average molecular weight is 273 g/mol. The summed E-state index contributed by atoms with van der Waals surface area (Å²) in [6, 6.07) is 14.8. The molecule has 1 amide bonds. The predicted molar refractivity (Wildman–Crippen MR) is 78.2 cm³/mol. The first-order valence-corrected chi connectivity index (χ1v) is 6.36. The predicted octanol–water partition coefficient (Wildman–Crippen LogP) is 3.79. The smallest absolute Gasteiger partial charge is 0.253 e. The first-order chi connectivity index (χ1) is 9.06. The van der Waals surface area contributed by atoms with Gasteiger partial charge in [0.15, 0.2) is 0 Å². The van der Waals surface area contributed by atoms with Crippen molar-refractivity contribution >= 4 is 17.5 Å². The van der Waals surface area contributed by atoms with Crippen molar-refractivity contribution in [2.24, 2.45) is 0 Å². The number of hydrogen-bond acceptors (Lipinski definition) is 1. The molecule has 3 heteroatoms. The summed E-state index contributed by atoms with van der Waals surface area (Å²) in [5.41, 5.74) is 2.54. The van der Waals surface area contributed by atoms with E-state index < -0.39 is 0 Å². The largest absolute Gasteiger partial charge is 0.337 e. The van der Waals surface area contributed by atoms with Crippen LogP contribution >= 0.6 is 11.6 Å². The summed E-state index contributed by atoms with van der Waals surface area (Å²) in [6.07, 6.45) is 0. The van der Waals surface area contributed by atoms with Gasteiger partial charge >= 0.3 is 0 Å². The maximum atomic E-state index is 12.2. The fourth-order valence-corrected chi connectivity index (χ4v) is 1.99. The van der Waals surface area contributed by atoms with Gasteiger partial charge in [-0.25, -0.2) is 0 Å². The SMILES string of the molecule is [CH2]c1cccc(C(=O)N(C)Cc2ccc(Cl)cc2)c1. The van der Waals surface area contributed by atoms with Crippen LogP contribution in [-0.2, 0) is 6.54 Å².